The lowest BCUT2D eigenvalue weighted by Crippen LogP contribution is -2.00. The molecule has 0 aliphatic rings. The first kappa shape index (κ1) is 21.2. The van der Waals surface area contributed by atoms with Gasteiger partial charge in [-0.15, -0.1) is 11.3 Å². The molecule has 0 bridgehead atoms. The van der Waals surface area contributed by atoms with Gasteiger partial charge in [0.2, 0.25) is 0 Å². The summed E-state index contributed by atoms with van der Waals surface area (Å²) in [5.74, 6) is 1.88. The van der Waals surface area contributed by atoms with Crippen molar-refractivity contribution in [3.8, 4) is 34.2 Å². The van der Waals surface area contributed by atoms with Crippen LogP contribution in [0.25, 0.3) is 65.1 Å². The molecular weight excluding hydrogens is 482 g/mol. The molecule has 0 N–H and O–H groups in total. The molecule has 0 fully saturated rings. The van der Waals surface area contributed by atoms with Crippen LogP contribution < -0.4 is 0 Å². The van der Waals surface area contributed by atoms with E-state index in [0.29, 0.717) is 22.5 Å². The van der Waals surface area contributed by atoms with Crippen LogP contribution in [-0.4, -0.2) is 15.0 Å². The van der Waals surface area contributed by atoms with Gasteiger partial charge in [-0.1, -0.05) is 96.5 Å². The maximum Gasteiger partial charge on any atom is 0.164 e. The van der Waals surface area contributed by atoms with Crippen LogP contribution in [0.5, 0.6) is 0 Å². The van der Waals surface area contributed by atoms with E-state index in [1.807, 2.05) is 65.9 Å². The van der Waals surface area contributed by atoms with Crippen molar-refractivity contribution in [2.45, 2.75) is 0 Å². The fourth-order valence-corrected chi connectivity index (χ4v) is 6.11. The normalized spacial score (nSPS) is 11.5. The van der Waals surface area contributed by atoms with Crippen LogP contribution in [0.2, 0.25) is 5.02 Å². The molecule has 170 valence electrons. The highest BCUT2D eigenvalue weighted by Crippen LogP contribution is 2.42. The first-order valence-electron chi connectivity index (χ1n) is 11.7. The van der Waals surface area contributed by atoms with Gasteiger partial charge in [0.05, 0.1) is 0 Å². The number of fused-ring (bicyclic) bond motifs is 5. The smallest absolute Gasteiger partial charge is 0.164 e. The van der Waals surface area contributed by atoms with Gasteiger partial charge in [0.15, 0.2) is 17.5 Å². The number of halogens is 1. The summed E-state index contributed by atoms with van der Waals surface area (Å²) >= 11 is 8.15. The van der Waals surface area contributed by atoms with Crippen molar-refractivity contribution in [1.82, 2.24) is 15.0 Å². The Balaban J connectivity index is 1.57. The SMILES string of the molecule is Clc1cccc(-c2nc(-c3ccccc3)nc(-c3cc4c5ccccc5sc4c4ccccc34)n2)c1. The zero-order valence-corrected chi connectivity index (χ0v) is 20.6. The zero-order chi connectivity index (χ0) is 24.1. The van der Waals surface area contributed by atoms with E-state index in [0.717, 1.165) is 22.1 Å². The number of nitrogens with zero attached hydrogens (tertiary/aromatic N) is 3. The van der Waals surface area contributed by atoms with Crippen molar-refractivity contribution in [2.24, 2.45) is 0 Å². The van der Waals surface area contributed by atoms with Gasteiger partial charge in [-0.05, 0) is 29.7 Å². The topological polar surface area (TPSA) is 38.7 Å². The minimum absolute atomic E-state index is 0.598. The first-order chi connectivity index (χ1) is 17.7. The third-order valence-electron chi connectivity index (χ3n) is 6.38. The van der Waals surface area contributed by atoms with Gasteiger partial charge in [-0.3, -0.25) is 0 Å². The van der Waals surface area contributed by atoms with E-state index in [1.54, 1.807) is 0 Å². The molecule has 0 aliphatic carbocycles. The summed E-state index contributed by atoms with van der Waals surface area (Å²) in [5, 5.41) is 5.44. The Morgan fingerprint density at radius 2 is 1.14 bits per heavy atom. The lowest BCUT2D eigenvalue weighted by Gasteiger charge is -2.11. The van der Waals surface area contributed by atoms with E-state index in [-0.39, 0.29) is 0 Å². The van der Waals surface area contributed by atoms with Gasteiger partial charge in [-0.25, -0.2) is 15.0 Å². The Morgan fingerprint density at radius 3 is 1.94 bits per heavy atom. The molecule has 36 heavy (non-hydrogen) atoms. The van der Waals surface area contributed by atoms with E-state index in [1.165, 1.54) is 25.6 Å². The second-order valence-corrected chi connectivity index (χ2v) is 10.1. The average Bonchev–Trinajstić information content (AvgIpc) is 3.32. The van der Waals surface area contributed by atoms with Gasteiger partial charge in [-0.2, -0.15) is 0 Å². The highest BCUT2D eigenvalue weighted by atomic mass is 35.5. The summed E-state index contributed by atoms with van der Waals surface area (Å²) in [4.78, 5) is 14.8. The van der Waals surface area contributed by atoms with E-state index < -0.39 is 0 Å². The summed E-state index contributed by atoms with van der Waals surface area (Å²) in [5.41, 5.74) is 2.79. The lowest BCUT2D eigenvalue weighted by atomic mass is 10.00. The standard InChI is InChI=1S/C31H18ClN3S/c32-21-12-8-11-20(17-21)30-33-29(19-9-2-1-3-10-19)34-31(35-30)26-18-25-23-14-6-7-16-27(23)36-28(25)24-15-5-4-13-22(24)26/h1-18H. The maximum atomic E-state index is 6.32. The molecule has 2 aromatic heterocycles. The van der Waals surface area contributed by atoms with E-state index in [9.17, 15) is 0 Å². The second-order valence-electron chi connectivity index (χ2n) is 8.63. The number of hydrogen-bond donors (Lipinski definition) is 0. The largest absolute Gasteiger partial charge is 0.208 e. The van der Waals surface area contributed by atoms with Crippen LogP contribution in [0, 0.1) is 0 Å². The molecule has 0 unspecified atom stereocenters. The van der Waals surface area contributed by atoms with Crippen molar-refractivity contribution >= 4 is 53.9 Å². The lowest BCUT2D eigenvalue weighted by molar-refractivity contribution is 1.08. The van der Waals surface area contributed by atoms with Crippen LogP contribution >= 0.6 is 22.9 Å². The zero-order valence-electron chi connectivity index (χ0n) is 19.0. The molecule has 0 spiro atoms. The van der Waals surface area contributed by atoms with Gasteiger partial charge in [0.25, 0.3) is 0 Å². The van der Waals surface area contributed by atoms with Crippen molar-refractivity contribution in [2.75, 3.05) is 0 Å². The Kier molecular flexibility index (Phi) is 5.01. The molecule has 7 rings (SSSR count). The molecule has 0 amide bonds. The summed E-state index contributed by atoms with van der Waals surface area (Å²) in [6.45, 7) is 0. The molecule has 0 atom stereocenters. The Hall–Kier alpha value is -4.12. The van der Waals surface area contributed by atoms with E-state index in [2.05, 4.69) is 54.6 Å². The van der Waals surface area contributed by atoms with Crippen LogP contribution in [0.3, 0.4) is 0 Å². The van der Waals surface area contributed by atoms with E-state index in [4.69, 9.17) is 26.6 Å². The number of aromatic nitrogens is 3. The maximum absolute atomic E-state index is 6.32. The quantitative estimate of drug-likeness (QED) is 0.243. The number of rotatable bonds is 3. The summed E-state index contributed by atoms with van der Waals surface area (Å²) in [7, 11) is 0. The molecular formula is C31H18ClN3S. The predicted octanol–water partition coefficient (Wildman–Crippen LogP) is 9.05. The van der Waals surface area contributed by atoms with Crippen LogP contribution in [-0.2, 0) is 0 Å². The molecule has 0 saturated heterocycles. The number of hydrogen-bond acceptors (Lipinski definition) is 4. The Bertz CT molecular complexity index is 1910. The van der Waals surface area contributed by atoms with Gasteiger partial charge in [0, 0.05) is 47.3 Å². The Morgan fingerprint density at radius 1 is 0.500 bits per heavy atom. The molecule has 3 nitrogen and oxygen atoms in total. The van der Waals surface area contributed by atoms with Crippen molar-refractivity contribution in [1.29, 1.82) is 0 Å². The minimum Gasteiger partial charge on any atom is -0.208 e. The molecule has 0 aliphatic heterocycles. The molecule has 5 aromatic carbocycles. The molecule has 2 heterocycles. The van der Waals surface area contributed by atoms with Crippen molar-refractivity contribution in [3.05, 3.63) is 114 Å². The van der Waals surface area contributed by atoms with E-state index >= 15 is 0 Å². The summed E-state index contributed by atoms with van der Waals surface area (Å²) in [6, 6.07) is 37.0. The molecule has 0 saturated carbocycles. The van der Waals surface area contributed by atoms with Crippen LogP contribution in [0.1, 0.15) is 0 Å². The molecule has 5 heteroatoms. The highest BCUT2D eigenvalue weighted by molar-refractivity contribution is 7.26. The van der Waals surface area contributed by atoms with Gasteiger partial charge >= 0.3 is 0 Å². The molecule has 7 aromatic rings. The van der Waals surface area contributed by atoms with Crippen LogP contribution in [0.4, 0.5) is 0 Å². The van der Waals surface area contributed by atoms with Gasteiger partial charge in [0.1, 0.15) is 0 Å². The number of thiophene rings is 1. The third kappa shape index (κ3) is 3.54. The second kappa shape index (κ2) is 8.52. The molecule has 0 radical (unpaired) electrons. The summed E-state index contributed by atoms with van der Waals surface area (Å²) < 4.78 is 2.55. The fraction of sp³-hybridized carbons (Fsp3) is 0. The van der Waals surface area contributed by atoms with Crippen molar-refractivity contribution < 1.29 is 0 Å². The van der Waals surface area contributed by atoms with Gasteiger partial charge < -0.3 is 0 Å². The van der Waals surface area contributed by atoms with Crippen molar-refractivity contribution in [3.63, 3.8) is 0 Å². The monoisotopic (exact) mass is 499 g/mol. The predicted molar refractivity (Wildman–Crippen MR) is 152 cm³/mol. The highest BCUT2D eigenvalue weighted by Gasteiger charge is 2.17. The van der Waals surface area contributed by atoms with Crippen LogP contribution in [0.15, 0.2) is 109 Å². The fourth-order valence-electron chi connectivity index (χ4n) is 4.70. The minimum atomic E-state index is 0.598. The number of benzene rings is 5. The summed E-state index contributed by atoms with van der Waals surface area (Å²) in [6.07, 6.45) is 0. The first-order valence-corrected chi connectivity index (χ1v) is 12.8. The third-order valence-corrected chi connectivity index (χ3v) is 7.83. The Labute approximate surface area is 216 Å². The average molecular weight is 500 g/mol.